The van der Waals surface area contributed by atoms with E-state index in [4.69, 9.17) is 13.9 Å². The van der Waals surface area contributed by atoms with Gasteiger partial charge in [0.25, 0.3) is 0 Å². The number of aryl methyl sites for hydroxylation is 1. The molecule has 5 nitrogen and oxygen atoms in total. The number of hydrogen-bond donors (Lipinski definition) is 0. The first-order valence-corrected chi connectivity index (χ1v) is 7.50. The fourth-order valence-corrected chi connectivity index (χ4v) is 2.77. The van der Waals surface area contributed by atoms with Gasteiger partial charge in [-0.25, -0.2) is 0 Å². The highest BCUT2D eigenvalue weighted by molar-refractivity contribution is 6.16. The van der Waals surface area contributed by atoms with Gasteiger partial charge in [-0.3, -0.25) is 9.79 Å². The number of nitrogens with zero attached hydrogens (tertiary/aromatic N) is 1. The van der Waals surface area contributed by atoms with Crippen LogP contribution in [0.1, 0.15) is 33.9 Å². The Hall–Kier alpha value is -2.56. The predicted octanol–water partition coefficient (Wildman–Crippen LogP) is 3.22. The average molecular weight is 313 g/mol. The Morgan fingerprint density at radius 2 is 1.96 bits per heavy atom. The Morgan fingerprint density at radius 1 is 1.22 bits per heavy atom. The molecule has 2 aromatic rings. The second-order valence-electron chi connectivity index (χ2n) is 5.45. The average Bonchev–Trinajstić information content (AvgIpc) is 3.00. The van der Waals surface area contributed by atoms with E-state index in [1.807, 2.05) is 19.1 Å². The molecule has 23 heavy (non-hydrogen) atoms. The lowest BCUT2D eigenvalue weighted by atomic mass is 9.93. The van der Waals surface area contributed by atoms with Crippen LogP contribution in [0.15, 0.2) is 33.7 Å². The highest BCUT2D eigenvalue weighted by atomic mass is 16.5. The molecule has 0 bridgehead atoms. The molecule has 0 aliphatic carbocycles. The van der Waals surface area contributed by atoms with E-state index >= 15 is 0 Å². The third kappa shape index (κ3) is 2.99. The van der Waals surface area contributed by atoms with Crippen molar-refractivity contribution in [3.05, 3.63) is 46.9 Å². The SMILES string of the molecule is COc1cc2c(cc1OC)C(CC(=O)c1ccc(C)o1)=NCC2. The van der Waals surface area contributed by atoms with Gasteiger partial charge in [-0.2, -0.15) is 0 Å². The molecule has 0 N–H and O–H groups in total. The quantitative estimate of drug-likeness (QED) is 0.795. The molecule has 1 aromatic heterocycles. The van der Waals surface area contributed by atoms with E-state index in [1.165, 1.54) is 0 Å². The lowest BCUT2D eigenvalue weighted by Crippen LogP contribution is -2.17. The zero-order valence-electron chi connectivity index (χ0n) is 13.5. The van der Waals surface area contributed by atoms with Gasteiger partial charge in [0.2, 0.25) is 5.78 Å². The minimum Gasteiger partial charge on any atom is -0.493 e. The summed E-state index contributed by atoms with van der Waals surface area (Å²) in [5, 5.41) is 0. The first-order valence-electron chi connectivity index (χ1n) is 7.50. The van der Waals surface area contributed by atoms with Crippen molar-refractivity contribution in [3.8, 4) is 11.5 Å². The maximum atomic E-state index is 12.4. The fraction of sp³-hybridized carbons (Fsp3) is 0.333. The summed E-state index contributed by atoms with van der Waals surface area (Å²) in [4.78, 5) is 16.9. The van der Waals surface area contributed by atoms with Crippen LogP contribution in [0.3, 0.4) is 0 Å². The number of carbonyl (C=O) groups is 1. The summed E-state index contributed by atoms with van der Waals surface area (Å²) in [6.07, 6.45) is 1.04. The number of rotatable bonds is 5. The van der Waals surface area contributed by atoms with Crippen LogP contribution >= 0.6 is 0 Å². The van der Waals surface area contributed by atoms with Crippen molar-refractivity contribution >= 4 is 11.5 Å². The van der Waals surface area contributed by atoms with E-state index in [9.17, 15) is 4.79 Å². The van der Waals surface area contributed by atoms with Gasteiger partial charge in [0.05, 0.1) is 26.4 Å². The molecule has 5 heteroatoms. The standard InChI is InChI=1S/C18H19NO4/c1-11-4-5-16(23-11)15(20)10-14-13-9-18(22-3)17(21-2)8-12(13)6-7-19-14/h4-5,8-9H,6-7,10H2,1-3H3. The summed E-state index contributed by atoms with van der Waals surface area (Å²) in [5.74, 6) is 2.37. The Bertz CT molecular complexity index is 773. The molecule has 1 aliphatic heterocycles. The van der Waals surface area contributed by atoms with Crippen molar-refractivity contribution in [2.75, 3.05) is 20.8 Å². The van der Waals surface area contributed by atoms with Gasteiger partial charge in [0.15, 0.2) is 17.3 Å². The lowest BCUT2D eigenvalue weighted by Gasteiger charge is -2.19. The van der Waals surface area contributed by atoms with E-state index < -0.39 is 0 Å². The Morgan fingerprint density at radius 3 is 2.61 bits per heavy atom. The maximum absolute atomic E-state index is 12.4. The van der Waals surface area contributed by atoms with E-state index in [0.29, 0.717) is 23.8 Å². The van der Waals surface area contributed by atoms with Gasteiger partial charge in [-0.1, -0.05) is 0 Å². The molecular weight excluding hydrogens is 294 g/mol. The molecule has 0 spiro atoms. The number of carbonyl (C=O) groups excluding carboxylic acids is 1. The number of ether oxygens (including phenoxy) is 2. The number of benzene rings is 1. The lowest BCUT2D eigenvalue weighted by molar-refractivity contribution is 0.0973. The number of Topliss-reactive ketones (excluding diaryl/α,β-unsaturated/α-hetero) is 1. The molecule has 0 unspecified atom stereocenters. The summed E-state index contributed by atoms with van der Waals surface area (Å²) in [5.41, 5.74) is 2.84. The molecule has 0 atom stereocenters. The van der Waals surface area contributed by atoms with Crippen LogP contribution in [0.2, 0.25) is 0 Å². The monoisotopic (exact) mass is 313 g/mol. The van der Waals surface area contributed by atoms with Gasteiger partial charge in [-0.05, 0) is 43.2 Å². The van der Waals surface area contributed by atoms with Crippen molar-refractivity contribution < 1.29 is 18.7 Å². The summed E-state index contributed by atoms with van der Waals surface area (Å²) in [6.45, 7) is 2.49. The largest absolute Gasteiger partial charge is 0.493 e. The second-order valence-corrected chi connectivity index (χ2v) is 5.45. The van der Waals surface area contributed by atoms with Crippen LogP contribution in [-0.4, -0.2) is 32.3 Å². The summed E-state index contributed by atoms with van der Waals surface area (Å²) in [7, 11) is 3.21. The second kappa shape index (κ2) is 6.28. The van der Waals surface area contributed by atoms with Gasteiger partial charge in [0, 0.05) is 12.1 Å². The third-order valence-electron chi connectivity index (χ3n) is 3.95. The van der Waals surface area contributed by atoms with Crippen molar-refractivity contribution in [1.29, 1.82) is 0 Å². The predicted molar refractivity (Wildman–Crippen MR) is 87.0 cm³/mol. The molecule has 120 valence electrons. The van der Waals surface area contributed by atoms with Gasteiger partial charge in [-0.15, -0.1) is 0 Å². The van der Waals surface area contributed by atoms with Crippen molar-refractivity contribution in [3.63, 3.8) is 0 Å². The van der Waals surface area contributed by atoms with Crippen molar-refractivity contribution in [2.45, 2.75) is 19.8 Å². The smallest absolute Gasteiger partial charge is 0.203 e. The van der Waals surface area contributed by atoms with Crippen LogP contribution in [-0.2, 0) is 6.42 Å². The van der Waals surface area contributed by atoms with Crippen LogP contribution in [0.5, 0.6) is 11.5 Å². The molecule has 0 amide bonds. The topological polar surface area (TPSA) is 61.0 Å². The molecule has 1 aliphatic rings. The highest BCUT2D eigenvalue weighted by Gasteiger charge is 2.22. The minimum absolute atomic E-state index is 0.0699. The number of fused-ring (bicyclic) bond motifs is 1. The Balaban J connectivity index is 1.91. The van der Waals surface area contributed by atoms with Gasteiger partial charge in [0.1, 0.15) is 5.76 Å². The molecule has 0 radical (unpaired) electrons. The van der Waals surface area contributed by atoms with E-state index in [0.717, 1.165) is 29.0 Å². The Labute approximate surface area is 134 Å². The molecule has 3 rings (SSSR count). The number of furan rings is 1. The van der Waals surface area contributed by atoms with Crippen molar-refractivity contribution in [2.24, 2.45) is 4.99 Å². The first kappa shape index (κ1) is 15.3. The number of methoxy groups -OCH3 is 2. The number of hydrogen-bond acceptors (Lipinski definition) is 5. The zero-order valence-corrected chi connectivity index (χ0v) is 13.5. The first-order chi connectivity index (χ1) is 11.1. The Kier molecular flexibility index (Phi) is 4.19. The van der Waals surface area contributed by atoms with Crippen LogP contribution in [0, 0.1) is 6.92 Å². The molecule has 0 saturated heterocycles. The fourth-order valence-electron chi connectivity index (χ4n) is 2.77. The van der Waals surface area contributed by atoms with Crippen LogP contribution in [0.4, 0.5) is 0 Å². The molecule has 1 aromatic carbocycles. The van der Waals surface area contributed by atoms with E-state index in [1.54, 1.807) is 26.4 Å². The van der Waals surface area contributed by atoms with Crippen LogP contribution in [0.25, 0.3) is 0 Å². The van der Waals surface area contributed by atoms with Gasteiger partial charge >= 0.3 is 0 Å². The molecule has 0 saturated carbocycles. The molecular formula is C18H19NO4. The van der Waals surface area contributed by atoms with E-state index in [2.05, 4.69) is 4.99 Å². The normalized spacial score (nSPS) is 13.3. The highest BCUT2D eigenvalue weighted by Crippen LogP contribution is 2.33. The molecule has 0 fully saturated rings. The van der Waals surface area contributed by atoms with Gasteiger partial charge < -0.3 is 13.9 Å². The van der Waals surface area contributed by atoms with E-state index in [-0.39, 0.29) is 12.2 Å². The summed E-state index contributed by atoms with van der Waals surface area (Å²) in [6, 6.07) is 7.35. The maximum Gasteiger partial charge on any atom is 0.203 e. The number of aliphatic imine (C=N–C) groups is 1. The zero-order chi connectivity index (χ0) is 16.4. The van der Waals surface area contributed by atoms with Crippen molar-refractivity contribution in [1.82, 2.24) is 0 Å². The molecule has 2 heterocycles. The minimum atomic E-state index is -0.0699. The summed E-state index contributed by atoms with van der Waals surface area (Å²) >= 11 is 0. The number of ketones is 1. The third-order valence-corrected chi connectivity index (χ3v) is 3.95. The van der Waals surface area contributed by atoms with Crippen LogP contribution < -0.4 is 9.47 Å². The summed E-state index contributed by atoms with van der Waals surface area (Å²) < 4.78 is 16.1.